The minimum absolute atomic E-state index is 0.348. The van der Waals surface area contributed by atoms with Crippen molar-refractivity contribution >= 4 is 23.4 Å². The molecule has 0 atom stereocenters. The first-order valence-corrected chi connectivity index (χ1v) is 9.78. The molecule has 0 saturated carbocycles. The third kappa shape index (κ3) is 8.77. The van der Waals surface area contributed by atoms with E-state index < -0.39 is 17.5 Å². The van der Waals surface area contributed by atoms with Gasteiger partial charge in [-0.2, -0.15) is 13.2 Å². The monoisotopic (exact) mass is 423 g/mol. The van der Waals surface area contributed by atoms with Crippen LogP contribution in [0.1, 0.15) is 38.4 Å². The number of carbonyl (C=O) groups is 1. The summed E-state index contributed by atoms with van der Waals surface area (Å²) in [4.78, 5) is 21.3. The Labute approximate surface area is 167 Å². The molecule has 1 heterocycles. The molecule has 0 aromatic carbocycles. The van der Waals surface area contributed by atoms with Gasteiger partial charge in [0, 0.05) is 45.0 Å². The van der Waals surface area contributed by atoms with Gasteiger partial charge in [-0.25, -0.2) is 9.78 Å². The van der Waals surface area contributed by atoms with Crippen LogP contribution in [0.2, 0.25) is 0 Å². The van der Waals surface area contributed by atoms with Crippen LogP contribution in [0, 0.1) is 0 Å². The molecule has 0 saturated heterocycles. The fourth-order valence-electron chi connectivity index (χ4n) is 2.08. The molecular weight excluding hydrogens is 395 g/mol. The van der Waals surface area contributed by atoms with E-state index in [0.717, 1.165) is 16.7 Å². The van der Waals surface area contributed by atoms with Crippen molar-refractivity contribution in [2.45, 2.75) is 45.9 Å². The lowest BCUT2D eigenvalue weighted by Gasteiger charge is -2.26. The number of thiazole rings is 1. The Balaban J connectivity index is 2.38. The van der Waals surface area contributed by atoms with E-state index in [1.165, 1.54) is 0 Å². The van der Waals surface area contributed by atoms with Gasteiger partial charge in [-0.05, 0) is 27.7 Å². The molecule has 1 aromatic rings. The molecule has 11 heteroatoms. The van der Waals surface area contributed by atoms with Crippen molar-refractivity contribution in [3.63, 3.8) is 0 Å². The maximum atomic E-state index is 12.6. The summed E-state index contributed by atoms with van der Waals surface area (Å²) in [5.74, 6) is 0.493. The first-order chi connectivity index (χ1) is 13.0. The third-order valence-electron chi connectivity index (χ3n) is 3.40. The molecule has 1 aromatic heterocycles. The van der Waals surface area contributed by atoms with E-state index in [-0.39, 0.29) is 6.09 Å². The number of nitrogens with one attached hydrogen (secondary N) is 2. The molecule has 160 valence electrons. The molecule has 0 aliphatic rings. The molecule has 0 fully saturated rings. The highest BCUT2D eigenvalue weighted by Crippen LogP contribution is 2.29. The van der Waals surface area contributed by atoms with Crippen molar-refractivity contribution in [2.75, 3.05) is 33.2 Å². The Kier molecular flexibility index (Phi) is 8.99. The summed E-state index contributed by atoms with van der Waals surface area (Å²) in [7, 11) is 1.59. The second-order valence-electron chi connectivity index (χ2n) is 6.86. The summed E-state index contributed by atoms with van der Waals surface area (Å²) >= 11 is 0.979. The Morgan fingerprint density at radius 3 is 2.43 bits per heavy atom. The number of guanidine groups is 1. The zero-order valence-electron chi connectivity index (χ0n) is 16.8. The molecule has 0 bridgehead atoms. The number of halogens is 3. The molecule has 0 unspecified atom stereocenters. The van der Waals surface area contributed by atoms with Crippen LogP contribution in [0.5, 0.6) is 0 Å². The maximum Gasteiger partial charge on any atom is 0.434 e. The summed E-state index contributed by atoms with van der Waals surface area (Å²) < 4.78 is 43.0. The van der Waals surface area contributed by atoms with E-state index in [0.29, 0.717) is 43.6 Å². The highest BCUT2D eigenvalue weighted by atomic mass is 32.1. The van der Waals surface area contributed by atoms with Crippen LogP contribution in [0.15, 0.2) is 10.4 Å². The van der Waals surface area contributed by atoms with Crippen molar-refractivity contribution < 1.29 is 22.7 Å². The first kappa shape index (κ1) is 24.0. The van der Waals surface area contributed by atoms with Crippen LogP contribution in [0.25, 0.3) is 0 Å². The van der Waals surface area contributed by atoms with E-state index in [2.05, 4.69) is 20.6 Å². The lowest BCUT2D eigenvalue weighted by atomic mass is 10.2. The molecule has 0 aliphatic carbocycles. The lowest BCUT2D eigenvalue weighted by Crippen LogP contribution is -2.44. The van der Waals surface area contributed by atoms with Crippen molar-refractivity contribution in [1.82, 2.24) is 20.5 Å². The van der Waals surface area contributed by atoms with Crippen LogP contribution < -0.4 is 10.6 Å². The Morgan fingerprint density at radius 2 is 1.93 bits per heavy atom. The van der Waals surface area contributed by atoms with Gasteiger partial charge in [-0.3, -0.25) is 4.99 Å². The van der Waals surface area contributed by atoms with Gasteiger partial charge in [0.1, 0.15) is 5.60 Å². The highest BCUT2D eigenvalue weighted by Gasteiger charge is 2.33. The number of alkyl halides is 3. The maximum absolute atomic E-state index is 12.6. The Hall–Kier alpha value is -2.04. The van der Waals surface area contributed by atoms with Crippen molar-refractivity contribution in [2.24, 2.45) is 4.99 Å². The van der Waals surface area contributed by atoms with Crippen LogP contribution in [0.4, 0.5) is 18.0 Å². The average Bonchev–Trinajstić information content (AvgIpc) is 3.04. The number of hydrogen-bond acceptors (Lipinski definition) is 5. The standard InChI is InChI=1S/C17H28F3N5O2S/c1-6-25(15(26)27-16(2,3)4)10-9-23-14(21-5)22-8-7-13-24-12(11-28-13)17(18,19)20/h11H,6-10H2,1-5H3,(H2,21,22,23). The van der Waals surface area contributed by atoms with Gasteiger partial charge >= 0.3 is 12.3 Å². The van der Waals surface area contributed by atoms with Gasteiger partial charge in [0.2, 0.25) is 0 Å². The first-order valence-electron chi connectivity index (χ1n) is 8.90. The Morgan fingerprint density at radius 1 is 1.29 bits per heavy atom. The summed E-state index contributed by atoms with van der Waals surface area (Å²) in [5, 5.41) is 7.49. The topological polar surface area (TPSA) is 78.9 Å². The highest BCUT2D eigenvalue weighted by molar-refractivity contribution is 7.09. The molecule has 0 spiro atoms. The number of hydrogen-bond donors (Lipinski definition) is 2. The molecule has 1 rings (SSSR count). The quantitative estimate of drug-likeness (QED) is 0.520. The number of ether oxygens (including phenoxy) is 1. The van der Waals surface area contributed by atoms with E-state index >= 15 is 0 Å². The number of nitrogens with zero attached hydrogens (tertiary/aromatic N) is 3. The number of likely N-dealkylation sites (N-methyl/N-ethyl adjacent to an activating group) is 1. The summed E-state index contributed by atoms with van der Waals surface area (Å²) in [6.45, 7) is 9.05. The lowest BCUT2D eigenvalue weighted by molar-refractivity contribution is -0.140. The number of aliphatic imine (C=N–C) groups is 1. The Bertz CT molecular complexity index is 656. The van der Waals surface area contributed by atoms with E-state index in [9.17, 15) is 18.0 Å². The smallest absolute Gasteiger partial charge is 0.434 e. The average molecular weight is 424 g/mol. The van der Waals surface area contributed by atoms with Gasteiger partial charge < -0.3 is 20.3 Å². The van der Waals surface area contributed by atoms with E-state index in [1.54, 1.807) is 11.9 Å². The van der Waals surface area contributed by atoms with Gasteiger partial charge in [0.15, 0.2) is 11.7 Å². The van der Waals surface area contributed by atoms with Gasteiger partial charge in [-0.1, -0.05) is 0 Å². The zero-order valence-corrected chi connectivity index (χ0v) is 17.6. The molecule has 2 N–H and O–H groups in total. The van der Waals surface area contributed by atoms with E-state index in [1.807, 2.05) is 27.7 Å². The summed E-state index contributed by atoms with van der Waals surface area (Å²) in [5.41, 5.74) is -1.42. The minimum Gasteiger partial charge on any atom is -0.444 e. The summed E-state index contributed by atoms with van der Waals surface area (Å²) in [6.07, 6.45) is -4.46. The third-order valence-corrected chi connectivity index (χ3v) is 4.31. The van der Waals surface area contributed by atoms with Crippen LogP contribution in [0.3, 0.4) is 0 Å². The number of amides is 1. The number of aromatic nitrogens is 1. The zero-order chi connectivity index (χ0) is 21.4. The van der Waals surface area contributed by atoms with Crippen molar-refractivity contribution in [1.29, 1.82) is 0 Å². The largest absolute Gasteiger partial charge is 0.444 e. The second kappa shape index (κ2) is 10.5. The predicted molar refractivity (Wildman–Crippen MR) is 104 cm³/mol. The van der Waals surface area contributed by atoms with Gasteiger partial charge in [0.25, 0.3) is 0 Å². The molecule has 0 aliphatic heterocycles. The molecular formula is C17H28F3N5O2S. The van der Waals surface area contributed by atoms with Crippen LogP contribution in [-0.2, 0) is 17.3 Å². The molecule has 7 nitrogen and oxygen atoms in total. The normalized spacial score (nSPS) is 12.6. The molecule has 1 amide bonds. The number of rotatable bonds is 7. The number of carbonyl (C=O) groups excluding carboxylic acids is 1. The van der Waals surface area contributed by atoms with Crippen molar-refractivity contribution in [3.05, 3.63) is 16.1 Å². The fourth-order valence-corrected chi connectivity index (χ4v) is 2.88. The van der Waals surface area contributed by atoms with Gasteiger partial charge in [0.05, 0.1) is 5.01 Å². The van der Waals surface area contributed by atoms with Crippen molar-refractivity contribution in [3.8, 4) is 0 Å². The second-order valence-corrected chi connectivity index (χ2v) is 7.80. The SMILES string of the molecule is CCN(CCNC(=NC)NCCc1nc(C(F)(F)F)cs1)C(=O)OC(C)(C)C. The minimum atomic E-state index is -4.42. The van der Waals surface area contributed by atoms with Crippen LogP contribution >= 0.6 is 11.3 Å². The van der Waals surface area contributed by atoms with Crippen LogP contribution in [-0.4, -0.2) is 60.8 Å². The predicted octanol–water partition coefficient (Wildman–Crippen LogP) is 3.13. The molecule has 28 heavy (non-hydrogen) atoms. The van der Waals surface area contributed by atoms with Gasteiger partial charge in [-0.15, -0.1) is 11.3 Å². The summed E-state index contributed by atoms with van der Waals surface area (Å²) in [6, 6.07) is 0. The molecule has 0 radical (unpaired) electrons. The van der Waals surface area contributed by atoms with E-state index in [4.69, 9.17) is 4.74 Å². The fraction of sp³-hybridized carbons (Fsp3) is 0.706.